The lowest BCUT2D eigenvalue weighted by Crippen LogP contribution is -2.50. The van der Waals surface area contributed by atoms with Crippen molar-refractivity contribution < 1.29 is 14.4 Å². The number of amides is 3. The fourth-order valence-corrected chi connectivity index (χ4v) is 2.47. The molecule has 1 aliphatic rings. The lowest BCUT2D eigenvalue weighted by Gasteiger charge is -2.34. The van der Waals surface area contributed by atoms with E-state index in [9.17, 15) is 14.4 Å². The first-order valence-electron chi connectivity index (χ1n) is 8.02. The first kappa shape index (κ1) is 17.9. The van der Waals surface area contributed by atoms with Gasteiger partial charge in [0, 0.05) is 38.6 Å². The molecule has 0 aliphatic carbocycles. The molecule has 1 aliphatic heterocycles. The van der Waals surface area contributed by atoms with Crippen molar-refractivity contribution in [3.05, 3.63) is 29.6 Å². The normalized spacial score (nSPS) is 15.2. The minimum Gasteiger partial charge on any atom is -0.346 e. The Bertz CT molecular complexity index is 643. The smallest absolute Gasteiger partial charge is 0.272 e. The maximum absolute atomic E-state index is 12.6. The van der Waals surface area contributed by atoms with E-state index in [0.717, 1.165) is 0 Å². The zero-order valence-corrected chi connectivity index (χ0v) is 14.6. The number of nitrogens with zero attached hydrogens (tertiary/aromatic N) is 3. The molecule has 7 heteroatoms. The van der Waals surface area contributed by atoms with Crippen LogP contribution < -0.4 is 5.32 Å². The number of rotatable bonds is 2. The Morgan fingerprint density at radius 3 is 2.08 bits per heavy atom. The molecule has 24 heavy (non-hydrogen) atoms. The van der Waals surface area contributed by atoms with E-state index >= 15 is 0 Å². The van der Waals surface area contributed by atoms with Crippen molar-refractivity contribution in [1.82, 2.24) is 20.1 Å². The van der Waals surface area contributed by atoms with Crippen molar-refractivity contribution in [3.63, 3.8) is 0 Å². The molecule has 7 nitrogen and oxygen atoms in total. The van der Waals surface area contributed by atoms with Gasteiger partial charge in [0.05, 0.1) is 0 Å². The van der Waals surface area contributed by atoms with E-state index in [1.54, 1.807) is 28.0 Å². The Balaban J connectivity index is 2.07. The summed E-state index contributed by atoms with van der Waals surface area (Å²) in [6.07, 6.45) is 0. The standard InChI is InChI=1S/C17H24N4O3/c1-12(22)20-8-10-21(11-9-20)16(24)14-7-5-6-13(18-14)15(23)19-17(2,3)4/h5-7H,8-11H2,1-4H3,(H,19,23). The van der Waals surface area contributed by atoms with Crippen molar-refractivity contribution in [2.45, 2.75) is 33.2 Å². The van der Waals surface area contributed by atoms with Crippen LogP contribution in [-0.4, -0.2) is 64.2 Å². The highest BCUT2D eigenvalue weighted by molar-refractivity contribution is 5.96. The van der Waals surface area contributed by atoms with Gasteiger partial charge in [-0.05, 0) is 32.9 Å². The highest BCUT2D eigenvalue weighted by Gasteiger charge is 2.25. The Kier molecular flexibility index (Phi) is 5.21. The second-order valence-electron chi connectivity index (χ2n) is 6.91. The quantitative estimate of drug-likeness (QED) is 0.873. The van der Waals surface area contributed by atoms with E-state index in [1.165, 1.54) is 6.92 Å². The van der Waals surface area contributed by atoms with Crippen LogP contribution in [0.4, 0.5) is 0 Å². The van der Waals surface area contributed by atoms with Gasteiger partial charge in [-0.3, -0.25) is 14.4 Å². The molecule has 2 rings (SSSR count). The third kappa shape index (κ3) is 4.53. The van der Waals surface area contributed by atoms with Gasteiger partial charge in [-0.2, -0.15) is 0 Å². The molecule has 1 saturated heterocycles. The van der Waals surface area contributed by atoms with Crippen molar-refractivity contribution >= 4 is 17.7 Å². The minimum absolute atomic E-state index is 0.0149. The van der Waals surface area contributed by atoms with Gasteiger partial charge in [0.2, 0.25) is 5.91 Å². The van der Waals surface area contributed by atoms with Crippen LogP contribution in [0.25, 0.3) is 0 Å². The molecule has 0 radical (unpaired) electrons. The van der Waals surface area contributed by atoms with E-state index in [0.29, 0.717) is 26.2 Å². The summed E-state index contributed by atoms with van der Waals surface area (Å²) in [5.74, 6) is -0.511. The second kappa shape index (κ2) is 6.98. The number of pyridine rings is 1. The molecule has 0 bridgehead atoms. The predicted octanol–water partition coefficient (Wildman–Crippen LogP) is 0.914. The third-order valence-corrected chi connectivity index (χ3v) is 3.70. The summed E-state index contributed by atoms with van der Waals surface area (Å²) in [5, 5.41) is 2.83. The number of hydrogen-bond acceptors (Lipinski definition) is 4. The van der Waals surface area contributed by atoms with Crippen LogP contribution in [0.15, 0.2) is 18.2 Å². The van der Waals surface area contributed by atoms with Crippen LogP contribution in [0.5, 0.6) is 0 Å². The van der Waals surface area contributed by atoms with Gasteiger partial charge < -0.3 is 15.1 Å². The monoisotopic (exact) mass is 332 g/mol. The lowest BCUT2D eigenvalue weighted by atomic mass is 10.1. The van der Waals surface area contributed by atoms with Crippen molar-refractivity contribution in [3.8, 4) is 0 Å². The minimum atomic E-state index is -0.373. The van der Waals surface area contributed by atoms with Gasteiger partial charge >= 0.3 is 0 Å². The molecule has 1 fully saturated rings. The fraction of sp³-hybridized carbons (Fsp3) is 0.529. The number of aromatic nitrogens is 1. The van der Waals surface area contributed by atoms with E-state index in [4.69, 9.17) is 0 Å². The topological polar surface area (TPSA) is 82.6 Å². The van der Waals surface area contributed by atoms with E-state index in [-0.39, 0.29) is 34.6 Å². The zero-order chi connectivity index (χ0) is 17.9. The molecule has 1 N–H and O–H groups in total. The molecule has 1 aromatic heterocycles. The van der Waals surface area contributed by atoms with Gasteiger partial charge in [-0.25, -0.2) is 4.98 Å². The Morgan fingerprint density at radius 2 is 1.54 bits per heavy atom. The molecule has 0 aromatic carbocycles. The summed E-state index contributed by atoms with van der Waals surface area (Å²) in [7, 11) is 0. The van der Waals surface area contributed by atoms with Gasteiger partial charge in [0.15, 0.2) is 0 Å². The average Bonchev–Trinajstić information content (AvgIpc) is 2.53. The molecule has 130 valence electrons. The Hall–Kier alpha value is -2.44. The van der Waals surface area contributed by atoms with Gasteiger partial charge in [-0.1, -0.05) is 6.07 Å². The Labute approximate surface area is 142 Å². The molecule has 3 amide bonds. The van der Waals surface area contributed by atoms with Crippen LogP contribution >= 0.6 is 0 Å². The number of nitrogens with one attached hydrogen (secondary N) is 1. The van der Waals surface area contributed by atoms with Crippen LogP contribution in [0.3, 0.4) is 0 Å². The molecule has 1 aromatic rings. The molecular weight excluding hydrogens is 308 g/mol. The molecule has 0 spiro atoms. The zero-order valence-electron chi connectivity index (χ0n) is 14.6. The highest BCUT2D eigenvalue weighted by atomic mass is 16.2. The number of hydrogen-bond donors (Lipinski definition) is 1. The second-order valence-corrected chi connectivity index (χ2v) is 6.91. The summed E-state index contributed by atoms with van der Waals surface area (Å²) in [6.45, 7) is 9.15. The molecule has 0 saturated carbocycles. The number of piperazine rings is 1. The van der Waals surface area contributed by atoms with Crippen molar-refractivity contribution in [1.29, 1.82) is 0 Å². The Morgan fingerprint density at radius 1 is 1.00 bits per heavy atom. The summed E-state index contributed by atoms with van der Waals surface area (Å²) in [4.78, 5) is 43.7. The maximum atomic E-state index is 12.6. The highest BCUT2D eigenvalue weighted by Crippen LogP contribution is 2.09. The van der Waals surface area contributed by atoms with Crippen LogP contribution in [-0.2, 0) is 4.79 Å². The van der Waals surface area contributed by atoms with Gasteiger partial charge in [-0.15, -0.1) is 0 Å². The molecule has 2 heterocycles. The van der Waals surface area contributed by atoms with Gasteiger partial charge in [0.1, 0.15) is 11.4 Å². The van der Waals surface area contributed by atoms with E-state index in [1.807, 2.05) is 20.8 Å². The van der Waals surface area contributed by atoms with Gasteiger partial charge in [0.25, 0.3) is 11.8 Å². The van der Waals surface area contributed by atoms with Crippen molar-refractivity contribution in [2.75, 3.05) is 26.2 Å². The maximum Gasteiger partial charge on any atom is 0.272 e. The first-order chi connectivity index (χ1) is 11.2. The van der Waals surface area contributed by atoms with Crippen LogP contribution in [0, 0.1) is 0 Å². The lowest BCUT2D eigenvalue weighted by molar-refractivity contribution is -0.130. The van der Waals surface area contributed by atoms with Crippen LogP contribution in [0.1, 0.15) is 48.7 Å². The summed E-state index contributed by atoms with van der Waals surface area (Å²) >= 11 is 0. The average molecular weight is 332 g/mol. The SMILES string of the molecule is CC(=O)N1CCN(C(=O)c2cccc(C(=O)NC(C)(C)C)n2)CC1. The van der Waals surface area contributed by atoms with E-state index < -0.39 is 0 Å². The third-order valence-electron chi connectivity index (χ3n) is 3.70. The molecular formula is C17H24N4O3. The van der Waals surface area contributed by atoms with Crippen molar-refractivity contribution in [2.24, 2.45) is 0 Å². The molecule has 0 unspecified atom stereocenters. The summed E-state index contributed by atoms with van der Waals surface area (Å²) in [5.41, 5.74) is 0.0907. The number of carbonyl (C=O) groups is 3. The summed E-state index contributed by atoms with van der Waals surface area (Å²) < 4.78 is 0. The summed E-state index contributed by atoms with van der Waals surface area (Å²) in [6, 6.07) is 4.85. The first-order valence-corrected chi connectivity index (χ1v) is 8.02. The van der Waals surface area contributed by atoms with Crippen LogP contribution in [0.2, 0.25) is 0 Å². The number of carbonyl (C=O) groups excluding carboxylic acids is 3. The predicted molar refractivity (Wildman–Crippen MR) is 89.6 cm³/mol. The van der Waals surface area contributed by atoms with E-state index in [2.05, 4.69) is 10.3 Å². The fourth-order valence-electron chi connectivity index (χ4n) is 2.47. The molecule has 0 atom stereocenters. The largest absolute Gasteiger partial charge is 0.346 e.